The van der Waals surface area contributed by atoms with E-state index in [1.54, 1.807) is 0 Å². The van der Waals surface area contributed by atoms with Crippen LogP contribution in [-0.4, -0.2) is 15.2 Å². The highest BCUT2D eigenvalue weighted by atomic mass is 127. The number of aromatic nitrogens is 3. The summed E-state index contributed by atoms with van der Waals surface area (Å²) in [6.07, 6.45) is 1.49. The summed E-state index contributed by atoms with van der Waals surface area (Å²) < 4.78 is 13.8. The molecule has 0 spiro atoms. The third kappa shape index (κ3) is 1.08. The zero-order valence-corrected chi connectivity index (χ0v) is 8.52. The van der Waals surface area contributed by atoms with Crippen LogP contribution in [0.2, 0.25) is 5.15 Å². The Labute approximate surface area is 85.5 Å². The molecule has 0 aliphatic rings. The summed E-state index contributed by atoms with van der Waals surface area (Å²) >= 11 is 7.45. The molecule has 0 saturated carbocycles. The van der Waals surface area contributed by atoms with Crippen LogP contribution in [0.4, 0.5) is 4.39 Å². The number of aromatic amines is 1. The average Bonchev–Trinajstić information content (AvgIpc) is 2.41. The Morgan fingerprint density at radius 1 is 1.58 bits per heavy atom. The molecule has 6 heteroatoms. The van der Waals surface area contributed by atoms with E-state index in [-0.39, 0.29) is 5.15 Å². The lowest BCUT2D eigenvalue weighted by molar-refractivity contribution is 0.631. The number of hydrogen-bond acceptors (Lipinski definition) is 2. The molecule has 2 aromatic heterocycles. The maximum absolute atomic E-state index is 13.1. The van der Waals surface area contributed by atoms with E-state index in [9.17, 15) is 4.39 Å². The van der Waals surface area contributed by atoms with Crippen molar-refractivity contribution < 1.29 is 4.39 Å². The topological polar surface area (TPSA) is 41.6 Å². The van der Waals surface area contributed by atoms with Crippen molar-refractivity contribution in [3.8, 4) is 0 Å². The van der Waals surface area contributed by atoms with Gasteiger partial charge in [0.05, 0.1) is 5.39 Å². The van der Waals surface area contributed by atoms with Gasteiger partial charge in [-0.1, -0.05) is 11.6 Å². The molecular weight excluding hydrogens is 295 g/mol. The van der Waals surface area contributed by atoms with Gasteiger partial charge in [0, 0.05) is 6.20 Å². The molecule has 0 bridgehead atoms. The van der Waals surface area contributed by atoms with Crippen molar-refractivity contribution in [3.63, 3.8) is 0 Å². The number of hydrogen-bond donors (Lipinski definition) is 1. The lowest BCUT2D eigenvalue weighted by Crippen LogP contribution is -1.83. The molecule has 0 aliphatic heterocycles. The molecule has 0 aliphatic carbocycles. The summed E-state index contributed by atoms with van der Waals surface area (Å²) in [6.45, 7) is 0. The molecule has 0 amide bonds. The van der Waals surface area contributed by atoms with Crippen LogP contribution in [0.25, 0.3) is 10.9 Å². The minimum atomic E-state index is -0.551. The van der Waals surface area contributed by atoms with E-state index in [0.29, 0.717) is 14.6 Å². The molecule has 3 nitrogen and oxygen atoms in total. The van der Waals surface area contributed by atoms with Gasteiger partial charge in [-0.15, -0.1) is 0 Å². The Morgan fingerprint density at radius 2 is 2.33 bits per heavy atom. The minimum Gasteiger partial charge on any atom is -0.274 e. The summed E-state index contributed by atoms with van der Waals surface area (Å²) in [5.74, 6) is -0.551. The molecule has 0 unspecified atom stereocenters. The molecule has 2 aromatic rings. The fourth-order valence-corrected chi connectivity index (χ4v) is 1.57. The zero-order chi connectivity index (χ0) is 8.72. The van der Waals surface area contributed by atoms with Gasteiger partial charge in [-0.3, -0.25) is 5.10 Å². The van der Waals surface area contributed by atoms with Crippen LogP contribution >= 0.6 is 34.2 Å². The van der Waals surface area contributed by atoms with Gasteiger partial charge in [0.1, 0.15) is 9.22 Å². The molecule has 0 aromatic carbocycles. The Hall–Kier alpha value is -0.430. The molecule has 2 rings (SSSR count). The molecule has 1 N–H and O–H groups in total. The van der Waals surface area contributed by atoms with Crippen molar-refractivity contribution in [1.29, 1.82) is 0 Å². The highest BCUT2D eigenvalue weighted by Crippen LogP contribution is 2.22. The summed E-state index contributed by atoms with van der Waals surface area (Å²) in [6, 6.07) is 0. The largest absolute Gasteiger partial charge is 0.274 e. The third-order valence-electron chi connectivity index (χ3n) is 1.47. The van der Waals surface area contributed by atoms with E-state index in [2.05, 4.69) is 15.2 Å². The average molecular weight is 297 g/mol. The first-order valence-electron chi connectivity index (χ1n) is 3.03. The number of H-pyrrole nitrogens is 1. The van der Waals surface area contributed by atoms with Crippen LogP contribution in [0.15, 0.2) is 6.20 Å². The van der Waals surface area contributed by atoms with E-state index in [1.807, 2.05) is 22.6 Å². The van der Waals surface area contributed by atoms with E-state index < -0.39 is 5.82 Å². The summed E-state index contributed by atoms with van der Waals surface area (Å²) in [5.41, 5.74) is 0.305. The van der Waals surface area contributed by atoms with Crippen LogP contribution < -0.4 is 0 Å². The fraction of sp³-hybridized carbons (Fsp3) is 0. The van der Waals surface area contributed by atoms with E-state index in [0.717, 1.165) is 0 Å². The second kappa shape index (κ2) is 2.81. The summed E-state index contributed by atoms with van der Waals surface area (Å²) in [4.78, 5) is 3.67. The predicted octanol–water partition coefficient (Wildman–Crippen LogP) is 2.35. The van der Waals surface area contributed by atoms with Gasteiger partial charge in [-0.05, 0) is 22.6 Å². The van der Waals surface area contributed by atoms with Crippen molar-refractivity contribution >= 4 is 45.1 Å². The zero-order valence-electron chi connectivity index (χ0n) is 5.61. The van der Waals surface area contributed by atoms with Gasteiger partial charge >= 0.3 is 0 Å². The van der Waals surface area contributed by atoms with Crippen LogP contribution in [0.3, 0.4) is 0 Å². The third-order valence-corrected chi connectivity index (χ3v) is 2.55. The van der Waals surface area contributed by atoms with Crippen LogP contribution in [-0.2, 0) is 0 Å². The summed E-state index contributed by atoms with van der Waals surface area (Å²) in [5, 5.41) is 6.87. The predicted molar refractivity (Wildman–Crippen MR) is 51.6 cm³/mol. The quantitative estimate of drug-likeness (QED) is 0.599. The number of nitrogens with one attached hydrogen (secondary N) is 1. The number of halogens is 3. The van der Waals surface area contributed by atoms with Crippen molar-refractivity contribution in [2.45, 2.75) is 0 Å². The Kier molecular flexibility index (Phi) is 1.91. The lowest BCUT2D eigenvalue weighted by Gasteiger charge is -1.92. The number of nitrogens with zero attached hydrogens (tertiary/aromatic N) is 2. The Balaban J connectivity index is 2.93. The molecule has 0 fully saturated rings. The Morgan fingerprint density at radius 3 is 3.08 bits per heavy atom. The second-order valence-corrected chi connectivity index (χ2v) is 3.55. The van der Waals surface area contributed by atoms with Gasteiger partial charge < -0.3 is 0 Å². The van der Waals surface area contributed by atoms with Crippen molar-refractivity contribution in [1.82, 2.24) is 15.2 Å². The Bertz CT molecular complexity index is 442. The molecular formula is C6H2ClFIN3. The number of fused-ring (bicyclic) bond motifs is 1. The van der Waals surface area contributed by atoms with Gasteiger partial charge in [0.2, 0.25) is 0 Å². The van der Waals surface area contributed by atoms with Crippen molar-refractivity contribution in [3.05, 3.63) is 20.9 Å². The van der Waals surface area contributed by atoms with Gasteiger partial charge in [0.15, 0.2) is 11.0 Å². The minimum absolute atomic E-state index is 0.137. The molecule has 12 heavy (non-hydrogen) atoms. The number of pyridine rings is 1. The maximum Gasteiger partial charge on any atom is 0.186 e. The molecule has 62 valence electrons. The van der Waals surface area contributed by atoms with Crippen LogP contribution in [0, 0.1) is 9.52 Å². The van der Waals surface area contributed by atoms with Crippen LogP contribution in [0.5, 0.6) is 0 Å². The lowest BCUT2D eigenvalue weighted by atomic mass is 10.3. The first-order chi connectivity index (χ1) is 5.70. The van der Waals surface area contributed by atoms with Crippen molar-refractivity contribution in [2.24, 2.45) is 0 Å². The van der Waals surface area contributed by atoms with Gasteiger partial charge in [-0.2, -0.15) is 5.10 Å². The van der Waals surface area contributed by atoms with Crippen molar-refractivity contribution in [2.75, 3.05) is 0 Å². The summed E-state index contributed by atoms with van der Waals surface area (Å²) in [7, 11) is 0. The van der Waals surface area contributed by atoms with Gasteiger partial charge in [-0.25, -0.2) is 9.37 Å². The van der Waals surface area contributed by atoms with E-state index in [1.165, 1.54) is 6.20 Å². The molecule has 0 atom stereocenters. The smallest absolute Gasteiger partial charge is 0.186 e. The SMILES string of the molecule is Fc1c(Cl)ncc2c(I)n[nH]c12. The monoisotopic (exact) mass is 297 g/mol. The highest BCUT2D eigenvalue weighted by Gasteiger charge is 2.10. The number of rotatable bonds is 0. The molecule has 0 saturated heterocycles. The maximum atomic E-state index is 13.1. The molecule has 0 radical (unpaired) electrons. The first-order valence-corrected chi connectivity index (χ1v) is 4.49. The highest BCUT2D eigenvalue weighted by molar-refractivity contribution is 14.1. The van der Waals surface area contributed by atoms with E-state index in [4.69, 9.17) is 11.6 Å². The molecule has 2 heterocycles. The van der Waals surface area contributed by atoms with E-state index >= 15 is 0 Å². The standard InChI is InChI=1S/C6H2ClFIN3/c7-5-3(8)4-2(1-10-5)6(9)12-11-4/h1H,(H,11,12). The van der Waals surface area contributed by atoms with Gasteiger partial charge in [0.25, 0.3) is 0 Å². The second-order valence-electron chi connectivity index (χ2n) is 2.17. The first kappa shape index (κ1) is 8.18. The fourth-order valence-electron chi connectivity index (χ4n) is 0.895. The normalized spacial score (nSPS) is 10.9. The van der Waals surface area contributed by atoms with Crippen LogP contribution in [0.1, 0.15) is 0 Å².